The second kappa shape index (κ2) is 9.70. The molecule has 0 amide bonds. The molecule has 0 N–H and O–H groups in total. The van der Waals surface area contributed by atoms with Gasteiger partial charge in [-0.05, 0) is 42.5 Å². The Morgan fingerprint density at radius 2 is 1.91 bits per heavy atom. The molecule has 32 heavy (non-hydrogen) atoms. The Bertz CT molecular complexity index is 1100. The van der Waals surface area contributed by atoms with Crippen LogP contribution in [0.15, 0.2) is 42.5 Å². The normalized spacial score (nSPS) is 15.7. The number of halogens is 3. The van der Waals surface area contributed by atoms with E-state index < -0.39 is 23.5 Å². The molecule has 3 aromatic rings. The summed E-state index contributed by atoms with van der Waals surface area (Å²) in [6.45, 7) is 5.93. The molecular formula is C22H23ClF2N6O. The summed E-state index contributed by atoms with van der Waals surface area (Å²) in [4.78, 5) is 18.4. The zero-order valence-electron chi connectivity index (χ0n) is 17.6. The Morgan fingerprint density at radius 3 is 2.62 bits per heavy atom. The van der Waals surface area contributed by atoms with Crippen LogP contribution >= 0.6 is 11.6 Å². The highest BCUT2D eigenvalue weighted by Gasteiger charge is 2.23. The molecule has 0 aliphatic carbocycles. The summed E-state index contributed by atoms with van der Waals surface area (Å²) < 4.78 is 27.0. The minimum absolute atomic E-state index is 0.199. The predicted octanol–water partition coefficient (Wildman–Crippen LogP) is 3.41. The van der Waals surface area contributed by atoms with Crippen LogP contribution in [-0.2, 0) is 6.42 Å². The Labute approximate surface area is 189 Å². The van der Waals surface area contributed by atoms with Crippen LogP contribution in [0.2, 0.25) is 5.02 Å². The highest BCUT2D eigenvalue weighted by Crippen LogP contribution is 2.21. The van der Waals surface area contributed by atoms with Gasteiger partial charge in [-0.3, -0.25) is 9.69 Å². The monoisotopic (exact) mass is 460 g/mol. The SMILES string of the molecule is CC(C(=O)c1ccc(F)cc1F)n1nnc(CCN2CCN(c3cccc(Cl)c3)CC2)n1. The molecule has 2 heterocycles. The van der Waals surface area contributed by atoms with Gasteiger partial charge in [0, 0.05) is 55.9 Å². The van der Waals surface area contributed by atoms with E-state index in [1.54, 1.807) is 6.92 Å². The van der Waals surface area contributed by atoms with Crippen LogP contribution in [0.1, 0.15) is 29.1 Å². The highest BCUT2D eigenvalue weighted by molar-refractivity contribution is 6.30. The molecule has 1 fully saturated rings. The topological polar surface area (TPSA) is 67.2 Å². The number of nitrogens with zero attached hydrogens (tertiary/aromatic N) is 6. The largest absolute Gasteiger partial charge is 0.369 e. The molecule has 1 unspecified atom stereocenters. The van der Waals surface area contributed by atoms with Crippen molar-refractivity contribution in [1.29, 1.82) is 0 Å². The van der Waals surface area contributed by atoms with Gasteiger partial charge in [0.2, 0.25) is 0 Å². The number of Topliss-reactive ketones (excluding diaryl/α,β-unsaturated/α-hetero) is 1. The number of rotatable bonds is 7. The average molecular weight is 461 g/mol. The molecule has 0 bridgehead atoms. The quantitative estimate of drug-likeness (QED) is 0.503. The summed E-state index contributed by atoms with van der Waals surface area (Å²) in [5.74, 6) is -1.66. The van der Waals surface area contributed by atoms with Crippen LogP contribution in [0.5, 0.6) is 0 Å². The fraction of sp³-hybridized carbons (Fsp3) is 0.364. The first-order valence-corrected chi connectivity index (χ1v) is 10.8. The van der Waals surface area contributed by atoms with Crippen LogP contribution in [0, 0.1) is 11.6 Å². The van der Waals surface area contributed by atoms with E-state index in [4.69, 9.17) is 11.6 Å². The van der Waals surface area contributed by atoms with E-state index in [1.807, 2.05) is 18.2 Å². The lowest BCUT2D eigenvalue weighted by molar-refractivity contribution is 0.0913. The second-order valence-corrected chi connectivity index (χ2v) is 8.19. The second-order valence-electron chi connectivity index (χ2n) is 7.75. The van der Waals surface area contributed by atoms with Crippen LogP contribution in [0.4, 0.5) is 14.5 Å². The van der Waals surface area contributed by atoms with Gasteiger partial charge in [0.05, 0.1) is 5.56 Å². The van der Waals surface area contributed by atoms with Gasteiger partial charge < -0.3 is 4.90 Å². The standard InChI is InChI=1S/C22H23ClF2N6O/c1-15(22(32)19-6-5-17(24)14-20(19)25)31-27-21(26-28-31)7-8-29-9-11-30(12-10-29)18-4-2-3-16(23)13-18/h2-6,13-15H,7-12H2,1H3. The number of carbonyl (C=O) groups excluding carboxylic acids is 1. The van der Waals surface area contributed by atoms with Crippen molar-refractivity contribution in [3.05, 3.63) is 70.5 Å². The molecule has 1 atom stereocenters. The molecule has 0 radical (unpaired) electrons. The van der Waals surface area contributed by atoms with Gasteiger partial charge >= 0.3 is 0 Å². The van der Waals surface area contributed by atoms with Crippen molar-refractivity contribution >= 4 is 23.1 Å². The van der Waals surface area contributed by atoms with Gasteiger partial charge in [-0.1, -0.05) is 17.7 Å². The molecule has 1 aromatic heterocycles. The van der Waals surface area contributed by atoms with Gasteiger partial charge in [-0.15, -0.1) is 10.2 Å². The summed E-state index contributed by atoms with van der Waals surface area (Å²) in [5.41, 5.74) is 0.924. The van der Waals surface area contributed by atoms with Gasteiger partial charge in [-0.25, -0.2) is 8.78 Å². The summed E-state index contributed by atoms with van der Waals surface area (Å²) in [5, 5.41) is 13.0. The summed E-state index contributed by atoms with van der Waals surface area (Å²) >= 11 is 6.09. The Balaban J connectivity index is 1.29. The van der Waals surface area contributed by atoms with E-state index in [1.165, 1.54) is 4.80 Å². The molecule has 2 aromatic carbocycles. The number of carbonyl (C=O) groups is 1. The number of hydrogen-bond donors (Lipinski definition) is 0. The van der Waals surface area contributed by atoms with Crippen LogP contribution < -0.4 is 4.90 Å². The van der Waals surface area contributed by atoms with E-state index in [0.717, 1.165) is 55.6 Å². The fourth-order valence-corrected chi connectivity index (χ4v) is 3.88. The Hall–Kier alpha value is -2.91. The molecule has 4 rings (SSSR count). The third-order valence-electron chi connectivity index (χ3n) is 5.59. The van der Waals surface area contributed by atoms with Crippen molar-refractivity contribution in [2.75, 3.05) is 37.6 Å². The molecule has 7 nitrogen and oxygen atoms in total. The maximum absolute atomic E-state index is 13.9. The molecule has 1 aliphatic rings. The minimum atomic E-state index is -0.904. The van der Waals surface area contributed by atoms with E-state index >= 15 is 0 Å². The van der Waals surface area contributed by atoms with Crippen molar-refractivity contribution < 1.29 is 13.6 Å². The van der Waals surface area contributed by atoms with Crippen LogP contribution in [0.25, 0.3) is 0 Å². The molecule has 1 saturated heterocycles. The van der Waals surface area contributed by atoms with E-state index in [-0.39, 0.29) is 5.56 Å². The number of aromatic nitrogens is 4. The Kier molecular flexibility index (Phi) is 6.76. The van der Waals surface area contributed by atoms with Crippen molar-refractivity contribution in [1.82, 2.24) is 25.1 Å². The summed E-state index contributed by atoms with van der Waals surface area (Å²) in [7, 11) is 0. The Morgan fingerprint density at radius 1 is 1.12 bits per heavy atom. The number of tetrazole rings is 1. The van der Waals surface area contributed by atoms with Gasteiger partial charge in [0.15, 0.2) is 11.6 Å². The first-order chi connectivity index (χ1) is 15.4. The average Bonchev–Trinajstić information content (AvgIpc) is 3.26. The summed E-state index contributed by atoms with van der Waals surface area (Å²) in [6.07, 6.45) is 0.586. The first-order valence-electron chi connectivity index (χ1n) is 10.4. The summed E-state index contributed by atoms with van der Waals surface area (Å²) in [6, 6.07) is 9.87. The number of hydrogen-bond acceptors (Lipinski definition) is 6. The van der Waals surface area contributed by atoms with E-state index in [0.29, 0.717) is 18.3 Å². The zero-order valence-corrected chi connectivity index (χ0v) is 18.3. The number of benzene rings is 2. The number of ketones is 1. The maximum Gasteiger partial charge on any atom is 0.191 e. The predicted molar refractivity (Wildman–Crippen MR) is 117 cm³/mol. The van der Waals surface area contributed by atoms with Gasteiger partial charge in [0.1, 0.15) is 17.7 Å². The first kappa shape index (κ1) is 22.3. The molecule has 1 aliphatic heterocycles. The zero-order chi connectivity index (χ0) is 22.7. The lowest BCUT2D eigenvalue weighted by Gasteiger charge is -2.36. The lowest BCUT2D eigenvalue weighted by atomic mass is 10.1. The third-order valence-corrected chi connectivity index (χ3v) is 5.82. The number of piperazine rings is 1. The smallest absolute Gasteiger partial charge is 0.191 e. The van der Waals surface area contributed by atoms with Crippen LogP contribution in [0.3, 0.4) is 0 Å². The van der Waals surface area contributed by atoms with Crippen molar-refractivity contribution in [3.63, 3.8) is 0 Å². The third kappa shape index (κ3) is 5.11. The minimum Gasteiger partial charge on any atom is -0.369 e. The van der Waals surface area contributed by atoms with Crippen molar-refractivity contribution in [3.8, 4) is 0 Å². The molecule has 0 saturated carbocycles. The van der Waals surface area contributed by atoms with Gasteiger partial charge in [0.25, 0.3) is 0 Å². The molecule has 0 spiro atoms. The highest BCUT2D eigenvalue weighted by atomic mass is 35.5. The maximum atomic E-state index is 13.9. The van der Waals surface area contributed by atoms with E-state index in [2.05, 4.69) is 31.3 Å². The number of anilines is 1. The van der Waals surface area contributed by atoms with E-state index in [9.17, 15) is 13.6 Å². The fourth-order valence-electron chi connectivity index (χ4n) is 3.70. The van der Waals surface area contributed by atoms with Gasteiger partial charge in [-0.2, -0.15) is 4.80 Å². The van der Waals surface area contributed by atoms with Crippen molar-refractivity contribution in [2.24, 2.45) is 0 Å². The molecule has 168 valence electrons. The molecular weight excluding hydrogens is 438 g/mol. The lowest BCUT2D eigenvalue weighted by Crippen LogP contribution is -2.47. The molecule has 10 heteroatoms. The van der Waals surface area contributed by atoms with Crippen LogP contribution in [-0.4, -0.2) is 63.6 Å². The van der Waals surface area contributed by atoms with Crippen molar-refractivity contribution in [2.45, 2.75) is 19.4 Å².